The van der Waals surface area contributed by atoms with Gasteiger partial charge in [0.2, 0.25) is 5.91 Å². The van der Waals surface area contributed by atoms with Crippen molar-refractivity contribution in [1.29, 1.82) is 0 Å². The van der Waals surface area contributed by atoms with Gasteiger partial charge >= 0.3 is 0 Å². The standard InChI is InChI=1S/C15H16N2O2/c1-17-14(15(16)18)11-6-5-9-13(10-11)19-12-7-3-2-4-8-12/h2-10,14,17H,1H3,(H2,16,18). The molecule has 4 heteroatoms. The first-order chi connectivity index (χ1) is 9.20. The van der Waals surface area contributed by atoms with Gasteiger partial charge in [0.15, 0.2) is 0 Å². The number of para-hydroxylation sites is 1. The molecule has 0 bridgehead atoms. The Morgan fingerprint density at radius 3 is 2.42 bits per heavy atom. The van der Waals surface area contributed by atoms with Gasteiger partial charge in [-0.3, -0.25) is 4.79 Å². The van der Waals surface area contributed by atoms with E-state index in [4.69, 9.17) is 10.5 Å². The highest BCUT2D eigenvalue weighted by molar-refractivity contribution is 5.81. The van der Waals surface area contributed by atoms with Crippen LogP contribution in [0.1, 0.15) is 11.6 Å². The van der Waals surface area contributed by atoms with Gasteiger partial charge in [-0.15, -0.1) is 0 Å². The molecule has 4 nitrogen and oxygen atoms in total. The number of ether oxygens (including phenoxy) is 1. The van der Waals surface area contributed by atoms with Crippen molar-refractivity contribution in [3.05, 3.63) is 60.2 Å². The van der Waals surface area contributed by atoms with Crippen molar-refractivity contribution in [3.63, 3.8) is 0 Å². The topological polar surface area (TPSA) is 64.3 Å². The maximum absolute atomic E-state index is 11.3. The average molecular weight is 256 g/mol. The first kappa shape index (κ1) is 13.1. The summed E-state index contributed by atoms with van der Waals surface area (Å²) in [6, 6.07) is 16.3. The van der Waals surface area contributed by atoms with Gasteiger partial charge in [-0.05, 0) is 36.9 Å². The molecule has 0 spiro atoms. The lowest BCUT2D eigenvalue weighted by Gasteiger charge is -2.14. The van der Waals surface area contributed by atoms with Gasteiger partial charge in [0.1, 0.15) is 17.5 Å². The van der Waals surface area contributed by atoms with Gasteiger partial charge in [-0.2, -0.15) is 0 Å². The van der Waals surface area contributed by atoms with Crippen LogP contribution in [0.15, 0.2) is 54.6 Å². The van der Waals surface area contributed by atoms with E-state index in [1.54, 1.807) is 13.1 Å². The van der Waals surface area contributed by atoms with Crippen LogP contribution >= 0.6 is 0 Å². The smallest absolute Gasteiger partial charge is 0.239 e. The predicted molar refractivity (Wildman–Crippen MR) is 74.0 cm³/mol. The molecule has 1 unspecified atom stereocenters. The maximum atomic E-state index is 11.3. The van der Waals surface area contributed by atoms with Crippen LogP contribution in [0.4, 0.5) is 0 Å². The number of nitrogens with two attached hydrogens (primary N) is 1. The lowest BCUT2D eigenvalue weighted by Crippen LogP contribution is -2.31. The predicted octanol–water partition coefficient (Wildman–Crippen LogP) is 2.22. The summed E-state index contributed by atoms with van der Waals surface area (Å²) >= 11 is 0. The van der Waals surface area contributed by atoms with E-state index in [1.165, 1.54) is 0 Å². The molecule has 0 aliphatic rings. The van der Waals surface area contributed by atoms with Gasteiger partial charge < -0.3 is 15.8 Å². The molecule has 0 aliphatic carbocycles. The Balaban J connectivity index is 2.22. The summed E-state index contributed by atoms with van der Waals surface area (Å²) in [6.45, 7) is 0. The second-order valence-electron chi connectivity index (χ2n) is 4.11. The van der Waals surface area contributed by atoms with Crippen molar-refractivity contribution in [1.82, 2.24) is 5.32 Å². The molecular formula is C15H16N2O2. The Hall–Kier alpha value is -2.33. The van der Waals surface area contributed by atoms with Crippen molar-refractivity contribution in [2.24, 2.45) is 5.73 Å². The minimum absolute atomic E-state index is 0.417. The van der Waals surface area contributed by atoms with Crippen molar-refractivity contribution < 1.29 is 9.53 Å². The third-order valence-corrected chi connectivity index (χ3v) is 2.74. The van der Waals surface area contributed by atoms with Gasteiger partial charge in [-0.25, -0.2) is 0 Å². The monoisotopic (exact) mass is 256 g/mol. The first-order valence-corrected chi connectivity index (χ1v) is 6.00. The van der Waals surface area contributed by atoms with Gasteiger partial charge in [0.25, 0.3) is 0 Å². The lowest BCUT2D eigenvalue weighted by molar-refractivity contribution is -0.120. The highest BCUT2D eigenvalue weighted by Gasteiger charge is 2.15. The lowest BCUT2D eigenvalue weighted by atomic mass is 10.1. The highest BCUT2D eigenvalue weighted by Crippen LogP contribution is 2.24. The van der Waals surface area contributed by atoms with E-state index < -0.39 is 11.9 Å². The fourth-order valence-electron chi connectivity index (χ4n) is 1.86. The third-order valence-electron chi connectivity index (χ3n) is 2.74. The van der Waals surface area contributed by atoms with Crippen molar-refractivity contribution in [2.45, 2.75) is 6.04 Å². The molecule has 0 aliphatic heterocycles. The Labute approximate surface area is 112 Å². The van der Waals surface area contributed by atoms with Crippen LogP contribution in [0.25, 0.3) is 0 Å². The van der Waals surface area contributed by atoms with Crippen LogP contribution in [0.3, 0.4) is 0 Å². The highest BCUT2D eigenvalue weighted by atomic mass is 16.5. The zero-order valence-corrected chi connectivity index (χ0v) is 10.7. The second-order valence-corrected chi connectivity index (χ2v) is 4.11. The Morgan fingerprint density at radius 2 is 1.79 bits per heavy atom. The molecule has 0 radical (unpaired) electrons. The fraction of sp³-hybridized carbons (Fsp3) is 0.133. The van der Waals surface area contributed by atoms with Crippen molar-refractivity contribution in [3.8, 4) is 11.5 Å². The van der Waals surface area contributed by atoms with Crippen LogP contribution in [0.5, 0.6) is 11.5 Å². The van der Waals surface area contributed by atoms with Crippen LogP contribution in [0, 0.1) is 0 Å². The van der Waals surface area contributed by atoms with E-state index in [-0.39, 0.29) is 0 Å². The molecule has 0 aromatic heterocycles. The van der Waals surface area contributed by atoms with Gasteiger partial charge in [0, 0.05) is 0 Å². The third kappa shape index (κ3) is 3.33. The summed E-state index contributed by atoms with van der Waals surface area (Å²) < 4.78 is 5.71. The molecule has 0 fully saturated rings. The zero-order chi connectivity index (χ0) is 13.7. The van der Waals surface area contributed by atoms with Crippen LogP contribution in [-0.4, -0.2) is 13.0 Å². The molecule has 2 aromatic carbocycles. The molecule has 19 heavy (non-hydrogen) atoms. The quantitative estimate of drug-likeness (QED) is 0.862. The van der Waals surface area contributed by atoms with E-state index in [0.717, 1.165) is 11.3 Å². The van der Waals surface area contributed by atoms with E-state index in [9.17, 15) is 4.79 Å². The van der Waals surface area contributed by atoms with Crippen LogP contribution in [-0.2, 0) is 4.79 Å². The second kappa shape index (κ2) is 6.02. The van der Waals surface area contributed by atoms with E-state index >= 15 is 0 Å². The number of hydrogen-bond acceptors (Lipinski definition) is 3. The Kier molecular flexibility index (Phi) is 4.15. The molecular weight excluding hydrogens is 240 g/mol. The van der Waals surface area contributed by atoms with Gasteiger partial charge in [-0.1, -0.05) is 30.3 Å². The number of primary amides is 1. The fourth-order valence-corrected chi connectivity index (χ4v) is 1.86. The van der Waals surface area contributed by atoms with E-state index in [2.05, 4.69) is 5.32 Å². The summed E-state index contributed by atoms with van der Waals surface area (Å²) in [4.78, 5) is 11.3. The molecule has 1 atom stereocenters. The maximum Gasteiger partial charge on any atom is 0.239 e. The Bertz CT molecular complexity index is 555. The molecule has 1 amide bonds. The number of hydrogen-bond donors (Lipinski definition) is 2. The SMILES string of the molecule is CNC(C(N)=O)c1cccc(Oc2ccccc2)c1. The van der Waals surface area contributed by atoms with E-state index in [1.807, 2.05) is 48.5 Å². The number of carbonyl (C=O) groups excluding carboxylic acids is 1. The molecule has 3 N–H and O–H groups in total. The zero-order valence-electron chi connectivity index (χ0n) is 10.7. The number of nitrogens with one attached hydrogen (secondary N) is 1. The Morgan fingerprint density at radius 1 is 1.11 bits per heavy atom. The number of amides is 1. The molecule has 0 saturated heterocycles. The minimum Gasteiger partial charge on any atom is -0.457 e. The summed E-state index contributed by atoms with van der Waals surface area (Å²) in [6.07, 6.45) is 0. The number of benzene rings is 2. The summed E-state index contributed by atoms with van der Waals surface area (Å²) in [5.41, 5.74) is 6.12. The largest absolute Gasteiger partial charge is 0.457 e. The normalized spacial score (nSPS) is 11.8. The van der Waals surface area contributed by atoms with Crippen LogP contribution < -0.4 is 15.8 Å². The molecule has 2 aromatic rings. The van der Waals surface area contributed by atoms with Crippen molar-refractivity contribution >= 4 is 5.91 Å². The summed E-state index contributed by atoms with van der Waals surface area (Å²) in [5, 5.41) is 2.88. The number of rotatable bonds is 5. The first-order valence-electron chi connectivity index (χ1n) is 6.00. The molecule has 0 saturated carbocycles. The molecule has 98 valence electrons. The summed E-state index contributed by atoms with van der Waals surface area (Å²) in [7, 11) is 1.69. The van der Waals surface area contributed by atoms with E-state index in [0.29, 0.717) is 5.75 Å². The average Bonchev–Trinajstić information content (AvgIpc) is 2.41. The van der Waals surface area contributed by atoms with Gasteiger partial charge in [0.05, 0.1) is 0 Å². The number of carbonyl (C=O) groups is 1. The molecule has 2 rings (SSSR count). The van der Waals surface area contributed by atoms with Crippen molar-refractivity contribution in [2.75, 3.05) is 7.05 Å². The van der Waals surface area contributed by atoms with Crippen LogP contribution in [0.2, 0.25) is 0 Å². The minimum atomic E-state index is -0.515. The summed E-state index contributed by atoms with van der Waals surface area (Å²) in [5.74, 6) is 1.00. The molecule has 0 heterocycles. The number of likely N-dealkylation sites (N-methyl/N-ethyl adjacent to an activating group) is 1.